The van der Waals surface area contributed by atoms with E-state index in [0.717, 1.165) is 11.5 Å². The van der Waals surface area contributed by atoms with Gasteiger partial charge in [0.25, 0.3) is 0 Å². The van der Waals surface area contributed by atoms with Crippen LogP contribution in [0.3, 0.4) is 0 Å². The Morgan fingerprint density at radius 3 is 2.89 bits per heavy atom. The molecule has 0 spiro atoms. The molecule has 5 nitrogen and oxygen atoms in total. The van der Waals surface area contributed by atoms with Crippen LogP contribution >= 0.6 is 0 Å². The summed E-state index contributed by atoms with van der Waals surface area (Å²) in [5.41, 5.74) is 2.14. The third kappa shape index (κ3) is 3.13. The summed E-state index contributed by atoms with van der Waals surface area (Å²) < 4.78 is 5.23. The fourth-order valence-electron chi connectivity index (χ4n) is 2.01. The Balaban J connectivity index is 2.12. The number of aryl methyl sites for hydroxylation is 2. The molecule has 0 fully saturated rings. The van der Waals surface area contributed by atoms with Gasteiger partial charge in [0.1, 0.15) is 11.3 Å². The van der Waals surface area contributed by atoms with Gasteiger partial charge >= 0.3 is 5.97 Å². The molecule has 2 N–H and O–H groups in total. The smallest absolute Gasteiger partial charge is 0.339 e. The molecule has 0 saturated carbocycles. The van der Waals surface area contributed by atoms with Gasteiger partial charge in [-0.25, -0.2) is 4.79 Å². The molecule has 0 unspecified atom stereocenters. The molecule has 2 aromatic rings. The van der Waals surface area contributed by atoms with Gasteiger partial charge in [-0.1, -0.05) is 0 Å². The SMILES string of the molecule is Cc1cc(NCCc2ccco2)c(C(=O)O)c(C)n1. The van der Waals surface area contributed by atoms with E-state index < -0.39 is 5.97 Å². The maximum atomic E-state index is 11.2. The number of aromatic carboxylic acids is 1. The lowest BCUT2D eigenvalue weighted by Gasteiger charge is -2.11. The monoisotopic (exact) mass is 260 g/mol. The van der Waals surface area contributed by atoms with Crippen LogP contribution in [0.15, 0.2) is 28.9 Å². The van der Waals surface area contributed by atoms with Crippen molar-refractivity contribution >= 4 is 11.7 Å². The Morgan fingerprint density at radius 2 is 2.26 bits per heavy atom. The van der Waals surface area contributed by atoms with E-state index in [9.17, 15) is 9.90 Å². The molecule has 2 heterocycles. The summed E-state index contributed by atoms with van der Waals surface area (Å²) in [4.78, 5) is 15.4. The van der Waals surface area contributed by atoms with Crippen molar-refractivity contribution in [2.45, 2.75) is 20.3 Å². The molecular weight excluding hydrogens is 244 g/mol. The van der Waals surface area contributed by atoms with Crippen molar-refractivity contribution in [2.75, 3.05) is 11.9 Å². The molecule has 0 aliphatic carbocycles. The lowest BCUT2D eigenvalue weighted by Crippen LogP contribution is -2.12. The van der Waals surface area contributed by atoms with Crippen molar-refractivity contribution < 1.29 is 14.3 Å². The van der Waals surface area contributed by atoms with Crippen molar-refractivity contribution in [1.82, 2.24) is 4.98 Å². The van der Waals surface area contributed by atoms with Gasteiger partial charge in [-0.15, -0.1) is 0 Å². The predicted octanol–water partition coefficient (Wildman–Crippen LogP) is 2.64. The van der Waals surface area contributed by atoms with Crippen molar-refractivity contribution in [3.63, 3.8) is 0 Å². The van der Waals surface area contributed by atoms with Crippen LogP contribution in [0.2, 0.25) is 0 Å². The van der Waals surface area contributed by atoms with E-state index in [0.29, 0.717) is 24.3 Å². The number of aromatic nitrogens is 1. The topological polar surface area (TPSA) is 75.4 Å². The molecule has 0 aliphatic heterocycles. The summed E-state index contributed by atoms with van der Waals surface area (Å²) in [5.74, 6) is -0.0997. The molecule has 0 amide bonds. The zero-order chi connectivity index (χ0) is 13.8. The van der Waals surface area contributed by atoms with Crippen LogP contribution in [0, 0.1) is 13.8 Å². The van der Waals surface area contributed by atoms with Gasteiger partial charge in [-0.3, -0.25) is 4.98 Å². The minimum atomic E-state index is -0.967. The van der Waals surface area contributed by atoms with Gasteiger partial charge in [-0.05, 0) is 32.0 Å². The molecule has 0 saturated heterocycles. The van der Waals surface area contributed by atoms with Gasteiger partial charge in [-0.2, -0.15) is 0 Å². The van der Waals surface area contributed by atoms with Crippen LogP contribution in [0.4, 0.5) is 5.69 Å². The fourth-order valence-corrected chi connectivity index (χ4v) is 2.01. The second-order valence-corrected chi connectivity index (χ2v) is 4.33. The number of rotatable bonds is 5. The number of carboxylic acid groups (broad SMARTS) is 1. The Morgan fingerprint density at radius 1 is 1.47 bits per heavy atom. The minimum absolute atomic E-state index is 0.227. The number of carboxylic acids is 1. The van der Waals surface area contributed by atoms with E-state index in [-0.39, 0.29) is 5.56 Å². The standard InChI is InChI=1S/C14H16N2O3/c1-9-8-12(13(14(17)18)10(2)16-9)15-6-5-11-4-3-7-19-11/h3-4,7-8H,5-6H2,1-2H3,(H,15,16)(H,17,18). The first-order chi connectivity index (χ1) is 9.08. The van der Waals surface area contributed by atoms with E-state index >= 15 is 0 Å². The highest BCUT2D eigenvalue weighted by atomic mass is 16.4. The normalized spacial score (nSPS) is 10.4. The summed E-state index contributed by atoms with van der Waals surface area (Å²) in [6.07, 6.45) is 2.32. The molecule has 0 bridgehead atoms. The summed E-state index contributed by atoms with van der Waals surface area (Å²) in [5, 5.41) is 12.4. The van der Waals surface area contributed by atoms with Crippen molar-refractivity contribution in [2.24, 2.45) is 0 Å². The van der Waals surface area contributed by atoms with Crippen LogP contribution in [0.5, 0.6) is 0 Å². The van der Waals surface area contributed by atoms with Crippen LogP contribution in [-0.2, 0) is 6.42 Å². The number of anilines is 1. The van der Waals surface area contributed by atoms with Crippen molar-refractivity contribution in [3.05, 3.63) is 47.2 Å². The Hall–Kier alpha value is -2.30. The zero-order valence-corrected chi connectivity index (χ0v) is 10.9. The van der Waals surface area contributed by atoms with Crippen LogP contribution in [0.25, 0.3) is 0 Å². The fraction of sp³-hybridized carbons (Fsp3) is 0.286. The molecule has 100 valence electrons. The highest BCUT2D eigenvalue weighted by molar-refractivity contribution is 5.95. The Labute approximate surface area is 111 Å². The Bertz CT molecular complexity index is 577. The van der Waals surface area contributed by atoms with Crippen molar-refractivity contribution in [3.8, 4) is 0 Å². The summed E-state index contributed by atoms with van der Waals surface area (Å²) >= 11 is 0. The molecule has 19 heavy (non-hydrogen) atoms. The molecule has 0 aliphatic rings. The zero-order valence-electron chi connectivity index (χ0n) is 10.9. The maximum absolute atomic E-state index is 11.2. The number of carbonyl (C=O) groups is 1. The molecule has 2 rings (SSSR count). The van der Waals surface area contributed by atoms with Crippen LogP contribution in [0.1, 0.15) is 27.5 Å². The first-order valence-corrected chi connectivity index (χ1v) is 6.05. The minimum Gasteiger partial charge on any atom is -0.478 e. The highest BCUT2D eigenvalue weighted by Gasteiger charge is 2.15. The van der Waals surface area contributed by atoms with Crippen molar-refractivity contribution in [1.29, 1.82) is 0 Å². The summed E-state index contributed by atoms with van der Waals surface area (Å²) in [6, 6.07) is 5.47. The molecule has 0 atom stereocenters. The lowest BCUT2D eigenvalue weighted by molar-refractivity contribution is 0.0696. The molecular formula is C14H16N2O3. The van der Waals surface area contributed by atoms with Gasteiger partial charge in [0.2, 0.25) is 0 Å². The Kier molecular flexibility index (Phi) is 3.85. The number of hydrogen-bond donors (Lipinski definition) is 2. The first kappa shape index (κ1) is 13.1. The number of furan rings is 1. The van der Waals surface area contributed by atoms with E-state index in [1.165, 1.54) is 0 Å². The summed E-state index contributed by atoms with van der Waals surface area (Å²) in [7, 11) is 0. The van der Waals surface area contributed by atoms with Gasteiger partial charge in [0.05, 0.1) is 17.6 Å². The first-order valence-electron chi connectivity index (χ1n) is 6.05. The van der Waals surface area contributed by atoms with E-state index in [2.05, 4.69) is 10.3 Å². The second-order valence-electron chi connectivity index (χ2n) is 4.33. The van der Waals surface area contributed by atoms with E-state index in [1.54, 1.807) is 19.3 Å². The maximum Gasteiger partial charge on any atom is 0.339 e. The van der Waals surface area contributed by atoms with Gasteiger partial charge < -0.3 is 14.8 Å². The lowest BCUT2D eigenvalue weighted by atomic mass is 10.1. The van der Waals surface area contributed by atoms with E-state index in [1.807, 2.05) is 19.1 Å². The van der Waals surface area contributed by atoms with Gasteiger partial charge in [0, 0.05) is 18.7 Å². The van der Waals surface area contributed by atoms with Crippen LogP contribution in [-0.4, -0.2) is 22.6 Å². The number of hydrogen-bond acceptors (Lipinski definition) is 4. The highest BCUT2D eigenvalue weighted by Crippen LogP contribution is 2.19. The quantitative estimate of drug-likeness (QED) is 0.864. The number of nitrogens with one attached hydrogen (secondary N) is 1. The molecule has 0 aromatic carbocycles. The average molecular weight is 260 g/mol. The average Bonchev–Trinajstić information content (AvgIpc) is 2.80. The van der Waals surface area contributed by atoms with Gasteiger partial charge in [0.15, 0.2) is 0 Å². The number of nitrogens with zero attached hydrogens (tertiary/aromatic N) is 1. The predicted molar refractivity (Wildman–Crippen MR) is 71.6 cm³/mol. The third-order valence-corrected chi connectivity index (χ3v) is 2.81. The van der Waals surface area contributed by atoms with E-state index in [4.69, 9.17) is 4.42 Å². The molecule has 5 heteroatoms. The second kappa shape index (κ2) is 5.56. The van der Waals surface area contributed by atoms with Crippen LogP contribution < -0.4 is 5.32 Å². The number of pyridine rings is 1. The summed E-state index contributed by atoms with van der Waals surface area (Å²) in [6.45, 7) is 4.15. The largest absolute Gasteiger partial charge is 0.478 e. The molecule has 2 aromatic heterocycles. The molecule has 0 radical (unpaired) electrons. The third-order valence-electron chi connectivity index (χ3n) is 2.81.